The van der Waals surface area contributed by atoms with E-state index in [1.807, 2.05) is 30.3 Å². The van der Waals surface area contributed by atoms with E-state index >= 15 is 0 Å². The van der Waals surface area contributed by atoms with Crippen LogP contribution in [0.2, 0.25) is 0 Å². The molecule has 1 saturated carbocycles. The Labute approximate surface area is 213 Å². The molecule has 8 heteroatoms. The number of nitrogens with zero attached hydrogens (tertiary/aromatic N) is 1. The molecule has 0 radical (unpaired) electrons. The summed E-state index contributed by atoms with van der Waals surface area (Å²) in [5, 5.41) is 0. The largest absolute Gasteiger partial charge is 0.488 e. The molecule has 4 rings (SSSR count). The third-order valence-electron chi connectivity index (χ3n) is 5.93. The maximum absolute atomic E-state index is 11.5. The summed E-state index contributed by atoms with van der Waals surface area (Å²) in [5.41, 5.74) is 19.9. The van der Waals surface area contributed by atoms with Gasteiger partial charge in [0.1, 0.15) is 29.7 Å². The Kier molecular flexibility index (Phi) is 8.05. The molecule has 0 heterocycles. The molecule has 1 aliphatic rings. The van der Waals surface area contributed by atoms with Gasteiger partial charge in [0.2, 0.25) is 5.91 Å². The molecule has 1 amide bonds. The lowest BCUT2D eigenvalue weighted by Gasteiger charge is -2.23. The molecule has 3 aromatic rings. The van der Waals surface area contributed by atoms with Crippen LogP contribution >= 0.6 is 15.9 Å². The number of carbonyl (C=O) groups excluding carboxylic acids is 1. The zero-order valence-electron chi connectivity index (χ0n) is 19.3. The highest BCUT2D eigenvalue weighted by atomic mass is 79.9. The average Bonchev–Trinajstić information content (AvgIpc) is 2.84. The maximum atomic E-state index is 11.5. The topological polar surface area (TPSA) is 126 Å². The summed E-state index contributed by atoms with van der Waals surface area (Å²) < 4.78 is 13.2. The average molecular weight is 537 g/mol. The number of aliphatic imine (C=N–C) groups is 1. The van der Waals surface area contributed by atoms with Gasteiger partial charge in [-0.2, -0.15) is 0 Å². The predicted octanol–water partition coefficient (Wildman–Crippen LogP) is 4.89. The highest BCUT2D eigenvalue weighted by molar-refractivity contribution is 9.10. The molecule has 0 bridgehead atoms. The Morgan fingerprint density at radius 2 is 1.69 bits per heavy atom. The molecule has 7 nitrogen and oxygen atoms in total. The van der Waals surface area contributed by atoms with Gasteiger partial charge in [-0.25, -0.2) is 0 Å². The first-order valence-electron chi connectivity index (χ1n) is 11.6. The maximum Gasteiger partial charge on any atom is 0.248 e. The minimum Gasteiger partial charge on any atom is -0.488 e. The molecule has 0 aliphatic heterocycles. The van der Waals surface area contributed by atoms with Crippen LogP contribution in [0.1, 0.15) is 47.2 Å². The Hall–Kier alpha value is -3.36. The number of benzene rings is 3. The smallest absolute Gasteiger partial charge is 0.248 e. The number of nitrogens with two attached hydrogens (primary N) is 3. The first-order chi connectivity index (χ1) is 16.9. The predicted molar refractivity (Wildman–Crippen MR) is 141 cm³/mol. The van der Waals surface area contributed by atoms with Crippen molar-refractivity contribution in [2.24, 2.45) is 22.2 Å². The zero-order valence-corrected chi connectivity index (χ0v) is 20.9. The van der Waals surface area contributed by atoms with Crippen molar-refractivity contribution in [3.05, 3.63) is 87.9 Å². The molecule has 35 heavy (non-hydrogen) atoms. The second kappa shape index (κ2) is 11.4. The van der Waals surface area contributed by atoms with Crippen LogP contribution in [0.5, 0.6) is 17.2 Å². The van der Waals surface area contributed by atoms with Gasteiger partial charge in [-0.1, -0.05) is 34.1 Å². The SMILES string of the molecule is NC(=O)c1cccc(Oc2ccc(C(N)=NC3CCC(N)CC3)c(OCc3cccc(Br)c3)c2)c1. The van der Waals surface area contributed by atoms with E-state index in [1.165, 1.54) is 0 Å². The molecule has 0 atom stereocenters. The van der Waals surface area contributed by atoms with E-state index < -0.39 is 5.91 Å². The van der Waals surface area contributed by atoms with Gasteiger partial charge in [-0.3, -0.25) is 9.79 Å². The number of halogens is 1. The molecule has 6 N–H and O–H groups in total. The fourth-order valence-electron chi connectivity index (χ4n) is 4.03. The molecule has 0 spiro atoms. The molecule has 0 saturated heterocycles. The minimum absolute atomic E-state index is 0.153. The summed E-state index contributed by atoms with van der Waals surface area (Å²) in [6.45, 7) is 0.346. The Morgan fingerprint density at radius 3 is 2.43 bits per heavy atom. The lowest BCUT2D eigenvalue weighted by Crippen LogP contribution is -2.29. The van der Waals surface area contributed by atoms with Gasteiger partial charge in [-0.05, 0) is 73.7 Å². The van der Waals surface area contributed by atoms with E-state index in [0.29, 0.717) is 40.8 Å². The summed E-state index contributed by atoms with van der Waals surface area (Å²) in [6.07, 6.45) is 3.75. The summed E-state index contributed by atoms with van der Waals surface area (Å²) in [4.78, 5) is 16.3. The van der Waals surface area contributed by atoms with Gasteiger partial charge in [0, 0.05) is 22.1 Å². The second-order valence-electron chi connectivity index (χ2n) is 8.65. The van der Waals surface area contributed by atoms with Crippen molar-refractivity contribution >= 4 is 27.7 Å². The lowest BCUT2D eigenvalue weighted by atomic mass is 9.92. The third kappa shape index (κ3) is 6.83. The minimum atomic E-state index is -0.517. The van der Waals surface area contributed by atoms with Crippen LogP contribution in [0, 0.1) is 0 Å². The van der Waals surface area contributed by atoms with Crippen molar-refractivity contribution in [3.8, 4) is 17.2 Å². The normalized spacial score (nSPS) is 18.2. The molecular weight excluding hydrogens is 508 g/mol. The fraction of sp³-hybridized carbons (Fsp3) is 0.259. The summed E-state index contributed by atoms with van der Waals surface area (Å²) in [6, 6.07) is 20.4. The Bertz CT molecular complexity index is 1220. The first-order valence-corrected chi connectivity index (χ1v) is 12.3. The number of carbonyl (C=O) groups is 1. The molecule has 3 aromatic carbocycles. The molecule has 0 unspecified atom stereocenters. The van der Waals surface area contributed by atoms with Crippen LogP contribution in [-0.2, 0) is 6.61 Å². The zero-order chi connectivity index (χ0) is 24.8. The molecule has 1 aliphatic carbocycles. The van der Waals surface area contributed by atoms with Crippen molar-refractivity contribution < 1.29 is 14.3 Å². The van der Waals surface area contributed by atoms with Crippen LogP contribution in [0.25, 0.3) is 0 Å². The first kappa shape index (κ1) is 24.8. The quantitative estimate of drug-likeness (QED) is 0.279. The number of hydrogen-bond acceptors (Lipinski definition) is 5. The van der Waals surface area contributed by atoms with E-state index in [4.69, 9.17) is 31.7 Å². The summed E-state index contributed by atoms with van der Waals surface area (Å²) in [5.74, 6) is 1.50. The summed E-state index contributed by atoms with van der Waals surface area (Å²) in [7, 11) is 0. The van der Waals surface area contributed by atoms with Gasteiger partial charge in [0.15, 0.2) is 0 Å². The molecular formula is C27H29BrN4O3. The van der Waals surface area contributed by atoms with Crippen LogP contribution < -0.4 is 26.7 Å². The Morgan fingerprint density at radius 1 is 0.943 bits per heavy atom. The van der Waals surface area contributed by atoms with Crippen LogP contribution in [0.4, 0.5) is 0 Å². The van der Waals surface area contributed by atoms with Gasteiger partial charge >= 0.3 is 0 Å². The van der Waals surface area contributed by atoms with Gasteiger partial charge in [-0.15, -0.1) is 0 Å². The van der Waals surface area contributed by atoms with Crippen LogP contribution in [0.3, 0.4) is 0 Å². The number of primary amides is 1. The molecule has 0 aromatic heterocycles. The lowest BCUT2D eigenvalue weighted by molar-refractivity contribution is 0.1000. The van der Waals surface area contributed by atoms with Crippen molar-refractivity contribution in [2.75, 3.05) is 0 Å². The third-order valence-corrected chi connectivity index (χ3v) is 6.42. The van der Waals surface area contributed by atoms with E-state index in [9.17, 15) is 4.79 Å². The number of ether oxygens (including phenoxy) is 2. The van der Waals surface area contributed by atoms with Gasteiger partial charge < -0.3 is 26.7 Å². The number of rotatable bonds is 8. The summed E-state index contributed by atoms with van der Waals surface area (Å²) >= 11 is 3.49. The van der Waals surface area contributed by atoms with E-state index in [1.54, 1.807) is 36.4 Å². The Balaban J connectivity index is 1.60. The van der Waals surface area contributed by atoms with Gasteiger partial charge in [0.05, 0.1) is 11.6 Å². The van der Waals surface area contributed by atoms with Gasteiger partial charge in [0.25, 0.3) is 0 Å². The fourth-order valence-corrected chi connectivity index (χ4v) is 4.48. The number of hydrogen-bond donors (Lipinski definition) is 3. The van der Waals surface area contributed by atoms with E-state index in [-0.39, 0.29) is 12.1 Å². The van der Waals surface area contributed by atoms with Crippen molar-refractivity contribution in [1.29, 1.82) is 0 Å². The standard InChI is InChI=1S/C27H29BrN4O3/c28-19-5-1-3-17(13-19)16-34-25-15-23(35-22-6-2-4-18(14-22)27(31)33)11-12-24(25)26(30)32-21-9-7-20(29)8-10-21/h1-6,11-15,20-21H,7-10,16,29H2,(H2,30,32)(H2,31,33). The van der Waals surface area contributed by atoms with E-state index in [0.717, 1.165) is 35.7 Å². The van der Waals surface area contributed by atoms with Crippen molar-refractivity contribution in [3.63, 3.8) is 0 Å². The highest BCUT2D eigenvalue weighted by Gasteiger charge is 2.19. The number of amidine groups is 1. The number of amides is 1. The highest BCUT2D eigenvalue weighted by Crippen LogP contribution is 2.30. The van der Waals surface area contributed by atoms with E-state index in [2.05, 4.69) is 15.9 Å². The monoisotopic (exact) mass is 536 g/mol. The second-order valence-corrected chi connectivity index (χ2v) is 9.57. The molecule has 1 fully saturated rings. The van der Waals surface area contributed by atoms with Crippen LogP contribution in [-0.4, -0.2) is 23.8 Å². The molecule has 182 valence electrons. The van der Waals surface area contributed by atoms with Crippen molar-refractivity contribution in [2.45, 2.75) is 44.4 Å². The van der Waals surface area contributed by atoms with Crippen molar-refractivity contribution in [1.82, 2.24) is 0 Å². The van der Waals surface area contributed by atoms with Crippen LogP contribution in [0.15, 0.2) is 76.2 Å².